The molecule has 5 amide bonds. The number of piperidine rings is 1. The van der Waals surface area contributed by atoms with Crippen molar-refractivity contribution in [1.29, 1.82) is 0 Å². The van der Waals surface area contributed by atoms with E-state index in [9.17, 15) is 27.6 Å². The highest BCUT2D eigenvalue weighted by Gasteiger charge is 2.49. The van der Waals surface area contributed by atoms with Gasteiger partial charge in [-0.05, 0) is 33.6 Å². The summed E-state index contributed by atoms with van der Waals surface area (Å²) in [6.07, 6.45) is -0.386. The Morgan fingerprint density at radius 1 is 1.21 bits per heavy atom. The van der Waals surface area contributed by atoms with Crippen molar-refractivity contribution in [2.24, 2.45) is 0 Å². The summed E-state index contributed by atoms with van der Waals surface area (Å²) in [7, 11) is -4.89. The first-order chi connectivity index (χ1) is 13.3. The summed E-state index contributed by atoms with van der Waals surface area (Å²) in [5.74, 6) is -1.45. The number of hydroxylamine groups is 2. The van der Waals surface area contributed by atoms with E-state index in [-0.39, 0.29) is 19.4 Å². The number of alkyl carbamates (subject to hydrolysis) is 1. The monoisotopic (exact) mass is 437 g/mol. The Labute approximate surface area is 166 Å². The minimum absolute atomic E-state index is 0.0145. The van der Waals surface area contributed by atoms with Crippen molar-refractivity contribution in [3.8, 4) is 0 Å². The molecule has 2 bridgehead atoms. The fourth-order valence-electron chi connectivity index (χ4n) is 2.83. The molecule has 0 aromatic rings. The van der Waals surface area contributed by atoms with Gasteiger partial charge in [-0.2, -0.15) is 13.5 Å². The molecular formula is C14H23N5O9S. The largest absolute Gasteiger partial charge is 0.444 e. The highest BCUT2D eigenvalue weighted by atomic mass is 32.3. The van der Waals surface area contributed by atoms with Crippen molar-refractivity contribution in [1.82, 2.24) is 26.1 Å². The van der Waals surface area contributed by atoms with Gasteiger partial charge in [-0.3, -0.25) is 25.0 Å². The quantitative estimate of drug-likeness (QED) is 0.299. The van der Waals surface area contributed by atoms with Crippen LogP contribution >= 0.6 is 0 Å². The number of carbonyl (C=O) groups is 4. The average molecular weight is 437 g/mol. The molecule has 2 saturated heterocycles. The number of amides is 5. The van der Waals surface area contributed by atoms with Crippen LogP contribution in [0.4, 0.5) is 9.59 Å². The fourth-order valence-corrected chi connectivity index (χ4v) is 3.22. The molecule has 164 valence electrons. The fraction of sp³-hybridized carbons (Fsp3) is 0.714. The number of fused-ring (bicyclic) bond motifs is 2. The minimum Gasteiger partial charge on any atom is -0.444 e. The Morgan fingerprint density at radius 2 is 1.86 bits per heavy atom. The van der Waals surface area contributed by atoms with Crippen molar-refractivity contribution in [2.45, 2.75) is 51.3 Å². The van der Waals surface area contributed by atoms with Crippen LogP contribution in [0.25, 0.3) is 0 Å². The Bertz CT molecular complexity index is 794. The lowest BCUT2D eigenvalue weighted by Crippen LogP contribution is -2.55. The minimum atomic E-state index is -4.89. The van der Waals surface area contributed by atoms with Crippen LogP contribution in [0.5, 0.6) is 0 Å². The molecular weight excluding hydrogens is 414 g/mol. The normalized spacial score (nSPS) is 21.6. The Balaban J connectivity index is 1.82. The highest BCUT2D eigenvalue weighted by Crippen LogP contribution is 2.30. The molecule has 2 heterocycles. The lowest BCUT2D eigenvalue weighted by atomic mass is 10.0. The van der Waals surface area contributed by atoms with E-state index in [1.807, 2.05) is 0 Å². The van der Waals surface area contributed by atoms with E-state index in [0.717, 1.165) is 4.90 Å². The number of rotatable bonds is 5. The van der Waals surface area contributed by atoms with Crippen LogP contribution in [-0.2, 0) is 29.0 Å². The van der Waals surface area contributed by atoms with Crippen molar-refractivity contribution in [3.63, 3.8) is 0 Å². The maximum atomic E-state index is 12.3. The maximum Gasteiger partial charge on any atom is 0.418 e. The zero-order chi connectivity index (χ0) is 22.0. The summed E-state index contributed by atoms with van der Waals surface area (Å²) in [6, 6.07) is -2.52. The molecule has 0 aromatic heterocycles. The maximum absolute atomic E-state index is 12.3. The molecule has 2 rings (SSSR count). The summed E-state index contributed by atoms with van der Waals surface area (Å²) < 4.78 is 39.7. The summed E-state index contributed by atoms with van der Waals surface area (Å²) in [6.45, 7) is 4.53. The SMILES string of the molecule is CC(C)(C)OC(=O)NCC(=O)NNC(=O)C1CCC2CN1C(=O)N2OS(=O)(=O)O. The predicted molar refractivity (Wildman–Crippen MR) is 93.9 cm³/mol. The Morgan fingerprint density at radius 3 is 2.45 bits per heavy atom. The first kappa shape index (κ1) is 22.6. The molecule has 2 aliphatic heterocycles. The van der Waals surface area contributed by atoms with E-state index in [2.05, 4.69) is 20.5 Å². The summed E-state index contributed by atoms with van der Waals surface area (Å²) in [4.78, 5) is 48.8. The summed E-state index contributed by atoms with van der Waals surface area (Å²) in [5.41, 5.74) is 3.50. The van der Waals surface area contributed by atoms with Gasteiger partial charge in [0, 0.05) is 6.54 Å². The molecule has 0 saturated carbocycles. The number of hydrogen-bond acceptors (Lipinski definition) is 8. The van der Waals surface area contributed by atoms with Crippen LogP contribution in [0.15, 0.2) is 0 Å². The molecule has 2 aliphatic rings. The number of hydrogen-bond donors (Lipinski definition) is 4. The predicted octanol–water partition coefficient (Wildman–Crippen LogP) is -1.34. The molecule has 29 heavy (non-hydrogen) atoms. The van der Waals surface area contributed by atoms with E-state index in [0.29, 0.717) is 5.06 Å². The van der Waals surface area contributed by atoms with Crippen molar-refractivity contribution < 1.29 is 41.2 Å². The standard InChI is InChI=1S/C14H23N5O9S/c1-14(2,3)27-12(22)15-6-10(20)16-17-11(21)9-5-4-8-7-18(9)13(23)19(8)28-29(24,25)26/h8-9H,4-7H2,1-3H3,(H,15,22)(H,16,20)(H,17,21)(H,24,25,26). The molecule has 14 nitrogen and oxygen atoms in total. The van der Waals surface area contributed by atoms with E-state index in [1.165, 1.54) is 0 Å². The van der Waals surface area contributed by atoms with E-state index >= 15 is 0 Å². The summed E-state index contributed by atoms with van der Waals surface area (Å²) in [5, 5.41) is 2.72. The third-order valence-corrected chi connectivity index (χ3v) is 4.27. The second-order valence-electron chi connectivity index (χ2n) is 7.40. The van der Waals surface area contributed by atoms with Gasteiger partial charge in [0.05, 0.1) is 6.04 Å². The number of nitrogens with one attached hydrogen (secondary N) is 3. The highest BCUT2D eigenvalue weighted by molar-refractivity contribution is 7.80. The average Bonchev–Trinajstić information content (AvgIpc) is 2.80. The Hall–Kier alpha value is -2.65. The molecule has 2 atom stereocenters. The van der Waals surface area contributed by atoms with Crippen LogP contribution in [0, 0.1) is 0 Å². The van der Waals surface area contributed by atoms with Gasteiger partial charge < -0.3 is 15.0 Å². The van der Waals surface area contributed by atoms with Gasteiger partial charge in [0.15, 0.2) is 0 Å². The van der Waals surface area contributed by atoms with E-state index in [4.69, 9.17) is 9.29 Å². The van der Waals surface area contributed by atoms with Gasteiger partial charge in [-0.25, -0.2) is 9.59 Å². The molecule has 2 fully saturated rings. The second kappa shape index (κ2) is 8.38. The van der Waals surface area contributed by atoms with Gasteiger partial charge in [0.25, 0.3) is 11.8 Å². The number of nitrogens with zero attached hydrogens (tertiary/aromatic N) is 2. The van der Waals surface area contributed by atoms with Gasteiger partial charge >= 0.3 is 22.5 Å². The number of hydrazine groups is 1. The molecule has 0 aliphatic carbocycles. The van der Waals surface area contributed by atoms with Crippen LogP contribution < -0.4 is 16.2 Å². The summed E-state index contributed by atoms with van der Waals surface area (Å²) >= 11 is 0. The number of urea groups is 1. The third kappa shape index (κ3) is 6.43. The first-order valence-corrected chi connectivity index (χ1v) is 9.96. The van der Waals surface area contributed by atoms with Gasteiger partial charge in [-0.1, -0.05) is 0 Å². The van der Waals surface area contributed by atoms with Gasteiger partial charge in [-0.15, -0.1) is 4.28 Å². The van der Waals surface area contributed by atoms with E-state index < -0.39 is 58.6 Å². The third-order valence-electron chi connectivity index (χ3n) is 3.92. The van der Waals surface area contributed by atoms with Crippen molar-refractivity contribution >= 4 is 34.3 Å². The topological polar surface area (TPSA) is 184 Å². The van der Waals surface area contributed by atoms with Gasteiger partial charge in [0.1, 0.15) is 18.2 Å². The van der Waals surface area contributed by atoms with Crippen molar-refractivity contribution in [3.05, 3.63) is 0 Å². The molecule has 15 heteroatoms. The van der Waals surface area contributed by atoms with Crippen LogP contribution in [-0.4, -0.2) is 77.6 Å². The molecule has 2 unspecified atom stereocenters. The lowest BCUT2D eigenvalue weighted by Gasteiger charge is -2.29. The number of ether oxygens (including phenoxy) is 1. The lowest BCUT2D eigenvalue weighted by molar-refractivity contribution is -0.131. The molecule has 0 aromatic carbocycles. The van der Waals surface area contributed by atoms with Crippen LogP contribution in [0.3, 0.4) is 0 Å². The molecule has 0 spiro atoms. The van der Waals surface area contributed by atoms with E-state index in [1.54, 1.807) is 20.8 Å². The number of carbonyl (C=O) groups excluding carboxylic acids is 4. The smallest absolute Gasteiger partial charge is 0.418 e. The second-order valence-corrected chi connectivity index (χ2v) is 8.41. The zero-order valence-electron chi connectivity index (χ0n) is 16.0. The zero-order valence-corrected chi connectivity index (χ0v) is 16.8. The molecule has 4 N–H and O–H groups in total. The van der Waals surface area contributed by atoms with Crippen LogP contribution in [0.2, 0.25) is 0 Å². The van der Waals surface area contributed by atoms with Gasteiger partial charge in [0.2, 0.25) is 0 Å². The first-order valence-electron chi connectivity index (χ1n) is 8.59. The molecule has 0 radical (unpaired) electrons. The van der Waals surface area contributed by atoms with Crippen LogP contribution in [0.1, 0.15) is 33.6 Å². The van der Waals surface area contributed by atoms with Crippen molar-refractivity contribution in [2.75, 3.05) is 13.1 Å². The Kier molecular flexibility index (Phi) is 6.54.